The number of alkyl halides is 3. The highest BCUT2D eigenvalue weighted by atomic mass is 32.2. The molecule has 1 saturated heterocycles. The first kappa shape index (κ1) is 20.6. The molecule has 1 aliphatic rings. The molecule has 0 aromatic heterocycles. The van der Waals surface area contributed by atoms with Crippen molar-refractivity contribution in [2.75, 3.05) is 13.1 Å². The Morgan fingerprint density at radius 1 is 1.17 bits per heavy atom. The Balaban J connectivity index is 2.68. The fraction of sp³-hybridized carbons (Fsp3) is 0.786. The number of likely N-dealkylation sites (tertiary alicyclic amines) is 1. The average molecular weight is 373 g/mol. The number of nitrogens with zero attached hydrogens (tertiary/aromatic N) is 1. The number of allylic oxidation sites excluding steroid dienone is 2. The van der Waals surface area contributed by atoms with E-state index >= 15 is 0 Å². The summed E-state index contributed by atoms with van der Waals surface area (Å²) in [5.74, 6) is -0.762. The van der Waals surface area contributed by atoms with Gasteiger partial charge in [-0.3, -0.25) is 0 Å². The van der Waals surface area contributed by atoms with Crippen LogP contribution < -0.4 is 0 Å². The van der Waals surface area contributed by atoms with Crippen LogP contribution in [-0.2, 0) is 19.0 Å². The van der Waals surface area contributed by atoms with Crippen LogP contribution in [0.25, 0.3) is 0 Å². The van der Waals surface area contributed by atoms with Crippen LogP contribution in [0, 0.1) is 5.92 Å². The van der Waals surface area contributed by atoms with Crippen molar-refractivity contribution in [3.05, 3.63) is 11.8 Å². The van der Waals surface area contributed by atoms with Crippen molar-refractivity contribution in [3.63, 3.8) is 0 Å². The van der Waals surface area contributed by atoms with Gasteiger partial charge >= 0.3 is 21.7 Å². The Labute approximate surface area is 139 Å². The van der Waals surface area contributed by atoms with Crippen LogP contribution in [0.5, 0.6) is 0 Å². The monoisotopic (exact) mass is 373 g/mol. The van der Waals surface area contributed by atoms with Crippen LogP contribution in [0.3, 0.4) is 0 Å². The summed E-state index contributed by atoms with van der Waals surface area (Å²) in [6.07, 6.45) is 1.27. The molecule has 1 aliphatic heterocycles. The predicted octanol–water partition coefficient (Wildman–Crippen LogP) is 3.40. The van der Waals surface area contributed by atoms with Crippen molar-refractivity contribution in [3.8, 4) is 0 Å². The molecule has 0 atom stereocenters. The summed E-state index contributed by atoms with van der Waals surface area (Å²) in [6, 6.07) is 0. The maximum absolute atomic E-state index is 12.4. The standard InChI is InChI=1S/C14H22F3NO5S/c1-5-11(23-24(20,21)14(15,16)17)10-6-8-18(9-7-10)12(19)22-13(2,3)4/h5,10H,6-9H2,1-4H3/b11-5+. The molecular formula is C14H22F3NO5S. The molecule has 0 spiro atoms. The van der Waals surface area contributed by atoms with E-state index in [0.717, 1.165) is 0 Å². The van der Waals surface area contributed by atoms with Gasteiger partial charge in [0.25, 0.3) is 0 Å². The molecule has 140 valence electrons. The molecule has 10 heteroatoms. The molecule has 0 bridgehead atoms. The lowest BCUT2D eigenvalue weighted by Gasteiger charge is -2.33. The molecule has 6 nitrogen and oxygen atoms in total. The first-order valence-corrected chi connectivity index (χ1v) is 8.82. The van der Waals surface area contributed by atoms with Gasteiger partial charge in [-0.25, -0.2) is 4.79 Å². The third kappa shape index (κ3) is 5.57. The van der Waals surface area contributed by atoms with Gasteiger partial charge in [0.1, 0.15) is 11.4 Å². The number of carbonyl (C=O) groups is 1. The molecule has 0 aromatic rings. The van der Waals surface area contributed by atoms with Gasteiger partial charge in [-0.1, -0.05) is 0 Å². The number of amides is 1. The number of rotatable bonds is 3. The molecule has 0 radical (unpaired) electrons. The summed E-state index contributed by atoms with van der Waals surface area (Å²) < 4.78 is 68.9. The Morgan fingerprint density at radius 3 is 2.04 bits per heavy atom. The molecule has 1 fully saturated rings. The summed E-state index contributed by atoms with van der Waals surface area (Å²) in [5.41, 5.74) is -6.12. The zero-order valence-electron chi connectivity index (χ0n) is 14.0. The Morgan fingerprint density at radius 2 is 1.67 bits per heavy atom. The second kappa shape index (κ2) is 7.20. The molecule has 1 amide bonds. The van der Waals surface area contributed by atoms with Gasteiger partial charge in [-0.05, 0) is 46.6 Å². The first-order chi connectivity index (χ1) is 10.8. The molecule has 1 rings (SSSR count). The van der Waals surface area contributed by atoms with Crippen LogP contribution in [0.15, 0.2) is 11.8 Å². The summed E-state index contributed by atoms with van der Waals surface area (Å²) >= 11 is 0. The molecule has 0 aromatic carbocycles. The van der Waals surface area contributed by atoms with E-state index in [4.69, 9.17) is 4.74 Å². The van der Waals surface area contributed by atoms with Crippen molar-refractivity contribution in [1.82, 2.24) is 4.90 Å². The highest BCUT2D eigenvalue weighted by molar-refractivity contribution is 7.87. The minimum atomic E-state index is -5.69. The first-order valence-electron chi connectivity index (χ1n) is 7.41. The second-order valence-corrected chi connectivity index (χ2v) is 7.95. The minimum absolute atomic E-state index is 0.242. The zero-order chi connectivity index (χ0) is 18.8. The average Bonchev–Trinajstić information content (AvgIpc) is 2.42. The largest absolute Gasteiger partial charge is 0.534 e. The lowest BCUT2D eigenvalue weighted by atomic mass is 9.95. The van der Waals surface area contributed by atoms with Gasteiger partial charge < -0.3 is 13.8 Å². The van der Waals surface area contributed by atoms with Crippen LogP contribution >= 0.6 is 0 Å². The normalized spacial score (nSPS) is 18.5. The van der Waals surface area contributed by atoms with E-state index in [0.29, 0.717) is 0 Å². The summed E-state index contributed by atoms with van der Waals surface area (Å²) in [4.78, 5) is 13.4. The van der Waals surface area contributed by atoms with E-state index in [1.807, 2.05) is 0 Å². The van der Waals surface area contributed by atoms with E-state index in [-0.39, 0.29) is 31.7 Å². The molecule has 0 N–H and O–H groups in total. The number of carbonyl (C=O) groups excluding carboxylic acids is 1. The van der Waals surface area contributed by atoms with Gasteiger partial charge in [-0.2, -0.15) is 21.6 Å². The van der Waals surface area contributed by atoms with E-state index in [2.05, 4.69) is 4.18 Å². The molecule has 24 heavy (non-hydrogen) atoms. The minimum Gasteiger partial charge on any atom is -0.444 e. The molecular weight excluding hydrogens is 351 g/mol. The van der Waals surface area contributed by atoms with Crippen LogP contribution in [0.4, 0.5) is 18.0 Å². The number of hydrogen-bond acceptors (Lipinski definition) is 5. The summed E-state index contributed by atoms with van der Waals surface area (Å²) in [7, 11) is -5.69. The van der Waals surface area contributed by atoms with Crippen molar-refractivity contribution < 1.29 is 35.3 Å². The lowest BCUT2D eigenvalue weighted by Crippen LogP contribution is -2.42. The van der Waals surface area contributed by atoms with Crippen LogP contribution in [-0.4, -0.2) is 43.6 Å². The number of piperidine rings is 1. The fourth-order valence-corrected chi connectivity index (χ4v) is 2.78. The maximum atomic E-state index is 12.4. The van der Waals surface area contributed by atoms with Crippen LogP contribution in [0.2, 0.25) is 0 Å². The van der Waals surface area contributed by atoms with Crippen molar-refractivity contribution in [1.29, 1.82) is 0 Å². The molecule has 0 saturated carbocycles. The van der Waals surface area contributed by atoms with Gasteiger partial charge in [0.15, 0.2) is 0 Å². The lowest BCUT2D eigenvalue weighted by molar-refractivity contribution is -0.0529. The number of hydrogen-bond donors (Lipinski definition) is 0. The number of halogens is 3. The van der Waals surface area contributed by atoms with Gasteiger partial charge in [0.05, 0.1) is 0 Å². The van der Waals surface area contributed by atoms with Crippen molar-refractivity contribution in [2.24, 2.45) is 5.92 Å². The van der Waals surface area contributed by atoms with Crippen molar-refractivity contribution in [2.45, 2.75) is 51.6 Å². The van der Waals surface area contributed by atoms with Crippen molar-refractivity contribution >= 4 is 16.2 Å². The highest BCUT2D eigenvalue weighted by Gasteiger charge is 2.49. The third-order valence-corrected chi connectivity index (χ3v) is 4.30. The summed E-state index contributed by atoms with van der Waals surface area (Å²) in [5, 5.41) is 0. The molecule has 1 heterocycles. The second-order valence-electron chi connectivity index (χ2n) is 6.42. The molecule has 0 aliphatic carbocycles. The topological polar surface area (TPSA) is 72.9 Å². The Hall–Kier alpha value is -1.45. The molecule has 0 unspecified atom stereocenters. The van der Waals surface area contributed by atoms with Gasteiger partial charge in [0.2, 0.25) is 0 Å². The van der Waals surface area contributed by atoms with Gasteiger partial charge in [0, 0.05) is 19.0 Å². The Bertz CT molecular complexity index is 585. The fourth-order valence-electron chi connectivity index (χ4n) is 2.20. The maximum Gasteiger partial charge on any atom is 0.534 e. The smallest absolute Gasteiger partial charge is 0.444 e. The van der Waals surface area contributed by atoms with E-state index in [1.165, 1.54) is 17.9 Å². The zero-order valence-corrected chi connectivity index (χ0v) is 14.8. The predicted molar refractivity (Wildman–Crippen MR) is 80.3 cm³/mol. The van der Waals surface area contributed by atoms with Gasteiger partial charge in [-0.15, -0.1) is 0 Å². The van der Waals surface area contributed by atoms with Crippen LogP contribution in [0.1, 0.15) is 40.5 Å². The SMILES string of the molecule is C/C=C(/OS(=O)(=O)C(F)(F)F)C1CCN(C(=O)OC(C)(C)C)CC1. The highest BCUT2D eigenvalue weighted by Crippen LogP contribution is 2.32. The van der Waals surface area contributed by atoms with E-state index in [9.17, 15) is 26.4 Å². The quantitative estimate of drug-likeness (QED) is 0.431. The summed E-state index contributed by atoms with van der Waals surface area (Å²) in [6.45, 7) is 7.07. The van der Waals surface area contributed by atoms with E-state index in [1.54, 1.807) is 20.8 Å². The third-order valence-electron chi connectivity index (χ3n) is 3.32. The van der Waals surface area contributed by atoms with E-state index < -0.39 is 33.2 Å². The Kier molecular flexibility index (Phi) is 6.18. The number of ether oxygens (including phenoxy) is 1.